The molecule has 0 heterocycles. The first-order chi connectivity index (χ1) is 14.5. The van der Waals surface area contributed by atoms with Gasteiger partial charge in [0.1, 0.15) is 11.8 Å². The van der Waals surface area contributed by atoms with Crippen LogP contribution in [0.25, 0.3) is 0 Å². The van der Waals surface area contributed by atoms with Crippen LogP contribution in [-0.2, 0) is 22.6 Å². The van der Waals surface area contributed by atoms with E-state index >= 15 is 0 Å². The van der Waals surface area contributed by atoms with E-state index in [4.69, 9.17) is 4.74 Å². The van der Waals surface area contributed by atoms with E-state index in [9.17, 15) is 9.59 Å². The molecular weight excluding hydrogens is 376 g/mol. The van der Waals surface area contributed by atoms with Crippen molar-refractivity contribution in [2.45, 2.75) is 59.0 Å². The van der Waals surface area contributed by atoms with Gasteiger partial charge in [-0.25, -0.2) is 0 Å². The van der Waals surface area contributed by atoms with Crippen LogP contribution in [0.15, 0.2) is 48.5 Å². The van der Waals surface area contributed by atoms with E-state index in [2.05, 4.69) is 12.2 Å². The van der Waals surface area contributed by atoms with Crippen LogP contribution in [0.5, 0.6) is 5.75 Å². The molecule has 0 bridgehead atoms. The maximum Gasteiger partial charge on any atom is 0.242 e. The number of aryl methyl sites for hydroxylation is 1. The number of benzene rings is 2. The van der Waals surface area contributed by atoms with Crippen LogP contribution < -0.4 is 10.1 Å². The lowest BCUT2D eigenvalue weighted by atomic mass is 10.0. The highest BCUT2D eigenvalue weighted by Crippen LogP contribution is 2.18. The van der Waals surface area contributed by atoms with Crippen LogP contribution in [0.3, 0.4) is 0 Å². The molecule has 0 spiro atoms. The summed E-state index contributed by atoms with van der Waals surface area (Å²) in [4.78, 5) is 27.9. The summed E-state index contributed by atoms with van der Waals surface area (Å²) in [6.45, 7) is 7.13. The molecular formula is C25H34N2O3. The quantitative estimate of drug-likeness (QED) is 0.563. The number of carbonyl (C=O) groups is 2. The Labute approximate surface area is 180 Å². The SMILES string of the molecule is CCCCNC(=O)[C@@H](CC)N(Cc1ccccc1C)C(=O)Cc1ccc(OC)cc1. The topological polar surface area (TPSA) is 58.6 Å². The minimum Gasteiger partial charge on any atom is -0.497 e. The summed E-state index contributed by atoms with van der Waals surface area (Å²) in [6, 6.07) is 15.0. The van der Waals surface area contributed by atoms with E-state index in [1.54, 1.807) is 12.0 Å². The largest absolute Gasteiger partial charge is 0.497 e. The monoisotopic (exact) mass is 410 g/mol. The van der Waals surface area contributed by atoms with Crippen LogP contribution in [0.2, 0.25) is 0 Å². The third-order valence-electron chi connectivity index (χ3n) is 5.33. The Balaban J connectivity index is 2.24. The lowest BCUT2D eigenvalue weighted by Gasteiger charge is -2.31. The third-order valence-corrected chi connectivity index (χ3v) is 5.33. The zero-order valence-corrected chi connectivity index (χ0v) is 18.6. The molecule has 5 nitrogen and oxygen atoms in total. The molecule has 0 aliphatic rings. The molecule has 0 aliphatic heterocycles. The number of methoxy groups -OCH3 is 1. The highest BCUT2D eigenvalue weighted by atomic mass is 16.5. The lowest BCUT2D eigenvalue weighted by Crippen LogP contribution is -2.49. The number of nitrogens with zero attached hydrogens (tertiary/aromatic N) is 1. The Hall–Kier alpha value is -2.82. The average molecular weight is 411 g/mol. The first-order valence-electron chi connectivity index (χ1n) is 10.7. The second-order valence-corrected chi connectivity index (χ2v) is 7.54. The molecule has 0 saturated heterocycles. The number of nitrogens with one attached hydrogen (secondary N) is 1. The minimum absolute atomic E-state index is 0.0547. The van der Waals surface area contributed by atoms with Crippen molar-refractivity contribution in [2.75, 3.05) is 13.7 Å². The molecule has 2 rings (SSSR count). The van der Waals surface area contributed by atoms with Crippen LogP contribution >= 0.6 is 0 Å². The average Bonchev–Trinajstić information content (AvgIpc) is 2.75. The first kappa shape index (κ1) is 23.5. The lowest BCUT2D eigenvalue weighted by molar-refractivity contribution is -0.140. The van der Waals surface area contributed by atoms with E-state index in [0.717, 1.165) is 35.3 Å². The molecule has 0 radical (unpaired) electrons. The molecule has 1 N–H and O–H groups in total. The van der Waals surface area contributed by atoms with Crippen molar-refractivity contribution >= 4 is 11.8 Å². The van der Waals surface area contributed by atoms with Gasteiger partial charge in [0, 0.05) is 13.1 Å². The van der Waals surface area contributed by atoms with Crippen molar-refractivity contribution < 1.29 is 14.3 Å². The molecule has 162 valence electrons. The van der Waals surface area contributed by atoms with Gasteiger partial charge in [0.2, 0.25) is 11.8 Å². The van der Waals surface area contributed by atoms with E-state index in [1.807, 2.05) is 62.4 Å². The summed E-state index contributed by atoms with van der Waals surface area (Å²) in [5, 5.41) is 3.00. The number of carbonyl (C=O) groups excluding carboxylic acids is 2. The molecule has 5 heteroatoms. The molecule has 2 aromatic carbocycles. The van der Waals surface area contributed by atoms with E-state index in [1.165, 1.54) is 0 Å². The Morgan fingerprint density at radius 2 is 1.77 bits per heavy atom. The maximum atomic E-state index is 13.3. The zero-order chi connectivity index (χ0) is 21.9. The first-order valence-corrected chi connectivity index (χ1v) is 10.7. The number of hydrogen-bond donors (Lipinski definition) is 1. The number of rotatable bonds is 11. The van der Waals surface area contributed by atoms with Gasteiger partial charge in [-0.05, 0) is 48.6 Å². The summed E-state index contributed by atoms with van der Waals surface area (Å²) in [5.74, 6) is 0.619. The third kappa shape index (κ3) is 6.61. The minimum atomic E-state index is -0.493. The zero-order valence-electron chi connectivity index (χ0n) is 18.6. The molecule has 0 fully saturated rings. The second-order valence-electron chi connectivity index (χ2n) is 7.54. The molecule has 2 aromatic rings. The summed E-state index contributed by atoms with van der Waals surface area (Å²) in [5.41, 5.74) is 3.07. The summed E-state index contributed by atoms with van der Waals surface area (Å²) in [7, 11) is 1.62. The Kier molecular flexibility index (Phi) is 9.39. The Morgan fingerprint density at radius 3 is 2.37 bits per heavy atom. The smallest absolute Gasteiger partial charge is 0.242 e. The maximum absolute atomic E-state index is 13.3. The molecule has 0 aliphatic carbocycles. The molecule has 0 aromatic heterocycles. The molecule has 1 atom stereocenters. The van der Waals surface area contributed by atoms with Crippen LogP contribution in [0, 0.1) is 6.92 Å². The predicted octanol–water partition coefficient (Wildman–Crippen LogP) is 4.27. The molecule has 0 unspecified atom stereocenters. The molecule has 2 amide bonds. The standard InChI is InChI=1S/C25H34N2O3/c1-5-7-16-26-25(29)23(6-2)27(18-21-11-9-8-10-19(21)3)24(28)17-20-12-14-22(30-4)15-13-20/h8-15,23H,5-7,16-18H2,1-4H3,(H,26,29)/t23-/m1/s1. The predicted molar refractivity (Wildman–Crippen MR) is 120 cm³/mol. The van der Waals surface area contributed by atoms with Crippen LogP contribution in [0.4, 0.5) is 0 Å². The van der Waals surface area contributed by atoms with Gasteiger partial charge in [0.25, 0.3) is 0 Å². The number of ether oxygens (including phenoxy) is 1. The van der Waals surface area contributed by atoms with Gasteiger partial charge >= 0.3 is 0 Å². The highest BCUT2D eigenvalue weighted by Gasteiger charge is 2.28. The Bertz CT molecular complexity index is 817. The fourth-order valence-electron chi connectivity index (χ4n) is 3.42. The summed E-state index contributed by atoms with van der Waals surface area (Å²) in [6.07, 6.45) is 2.76. The second kappa shape index (κ2) is 12.0. The van der Waals surface area contributed by atoms with Gasteiger partial charge in [-0.15, -0.1) is 0 Å². The fourth-order valence-corrected chi connectivity index (χ4v) is 3.42. The van der Waals surface area contributed by atoms with Gasteiger partial charge in [-0.1, -0.05) is 56.7 Å². The van der Waals surface area contributed by atoms with Gasteiger partial charge in [-0.2, -0.15) is 0 Å². The van der Waals surface area contributed by atoms with Crippen molar-refractivity contribution in [3.8, 4) is 5.75 Å². The van der Waals surface area contributed by atoms with Gasteiger partial charge in [0.05, 0.1) is 13.5 Å². The number of unbranched alkanes of at least 4 members (excludes halogenated alkanes) is 1. The van der Waals surface area contributed by atoms with Crippen molar-refractivity contribution in [3.63, 3.8) is 0 Å². The van der Waals surface area contributed by atoms with E-state index in [-0.39, 0.29) is 18.2 Å². The van der Waals surface area contributed by atoms with Crippen molar-refractivity contribution in [1.29, 1.82) is 0 Å². The molecule has 0 saturated carbocycles. The summed E-state index contributed by atoms with van der Waals surface area (Å²) >= 11 is 0. The fraction of sp³-hybridized carbons (Fsp3) is 0.440. The van der Waals surface area contributed by atoms with E-state index < -0.39 is 6.04 Å². The van der Waals surface area contributed by atoms with Crippen LogP contribution in [0.1, 0.15) is 49.8 Å². The highest BCUT2D eigenvalue weighted by molar-refractivity contribution is 5.88. The van der Waals surface area contributed by atoms with Gasteiger partial charge in [-0.3, -0.25) is 9.59 Å². The van der Waals surface area contributed by atoms with Gasteiger partial charge in [0.15, 0.2) is 0 Å². The van der Waals surface area contributed by atoms with Crippen molar-refractivity contribution in [3.05, 3.63) is 65.2 Å². The van der Waals surface area contributed by atoms with Crippen molar-refractivity contribution in [2.24, 2.45) is 0 Å². The van der Waals surface area contributed by atoms with Gasteiger partial charge < -0.3 is 15.0 Å². The summed E-state index contributed by atoms with van der Waals surface area (Å²) < 4.78 is 5.20. The van der Waals surface area contributed by atoms with Crippen molar-refractivity contribution in [1.82, 2.24) is 10.2 Å². The van der Waals surface area contributed by atoms with E-state index in [0.29, 0.717) is 19.5 Å². The normalized spacial score (nSPS) is 11.6. The van der Waals surface area contributed by atoms with Crippen LogP contribution in [-0.4, -0.2) is 36.4 Å². The molecule has 30 heavy (non-hydrogen) atoms. The Morgan fingerprint density at radius 1 is 1.07 bits per heavy atom. The number of hydrogen-bond acceptors (Lipinski definition) is 3. The number of amides is 2.